The zero-order chi connectivity index (χ0) is 13.8. The Morgan fingerprint density at radius 1 is 1.37 bits per heavy atom. The van der Waals surface area contributed by atoms with E-state index in [2.05, 4.69) is 10.3 Å². The Morgan fingerprint density at radius 3 is 2.74 bits per heavy atom. The monoisotopic (exact) mass is 260 g/mol. The molecule has 5 heteroatoms. The lowest BCUT2D eigenvalue weighted by molar-refractivity contribution is 0.0695. The van der Waals surface area contributed by atoms with Crippen LogP contribution in [0.15, 0.2) is 28.8 Å². The summed E-state index contributed by atoms with van der Waals surface area (Å²) in [6.45, 7) is 4.74. The van der Waals surface area contributed by atoms with Gasteiger partial charge in [0.25, 0.3) is 0 Å². The summed E-state index contributed by atoms with van der Waals surface area (Å²) in [5.41, 5.74) is 2.28. The Morgan fingerprint density at radius 2 is 2.16 bits per heavy atom. The summed E-state index contributed by atoms with van der Waals surface area (Å²) in [4.78, 5) is 15.1. The van der Waals surface area contributed by atoms with Crippen molar-refractivity contribution in [1.82, 2.24) is 10.3 Å². The summed E-state index contributed by atoms with van der Waals surface area (Å²) in [6, 6.07) is 5.51. The highest BCUT2D eigenvalue weighted by Crippen LogP contribution is 2.14. The predicted molar refractivity (Wildman–Crippen MR) is 69.9 cm³/mol. The van der Waals surface area contributed by atoms with Gasteiger partial charge in [0.15, 0.2) is 0 Å². The average Bonchev–Trinajstić information content (AvgIpc) is 2.73. The van der Waals surface area contributed by atoms with E-state index >= 15 is 0 Å². The third-order valence-electron chi connectivity index (χ3n) is 2.80. The van der Waals surface area contributed by atoms with Crippen LogP contribution in [0, 0.1) is 13.8 Å². The van der Waals surface area contributed by atoms with E-state index in [4.69, 9.17) is 9.52 Å². The topological polar surface area (TPSA) is 75.4 Å². The molecule has 0 saturated heterocycles. The fourth-order valence-electron chi connectivity index (χ4n) is 1.78. The molecule has 2 aromatic heterocycles. The van der Waals surface area contributed by atoms with E-state index in [1.165, 1.54) is 0 Å². The van der Waals surface area contributed by atoms with Gasteiger partial charge in [-0.2, -0.15) is 0 Å². The molecule has 2 aromatic rings. The van der Waals surface area contributed by atoms with Gasteiger partial charge in [-0.15, -0.1) is 0 Å². The first-order chi connectivity index (χ1) is 9.06. The number of furan rings is 1. The van der Waals surface area contributed by atoms with E-state index in [0.717, 1.165) is 11.3 Å². The number of nitrogens with zero attached hydrogens (tertiary/aromatic N) is 1. The molecule has 0 unspecified atom stereocenters. The van der Waals surface area contributed by atoms with Crippen LogP contribution < -0.4 is 5.32 Å². The van der Waals surface area contributed by atoms with Crippen LogP contribution in [0.25, 0.3) is 0 Å². The molecule has 2 heterocycles. The molecule has 0 atom stereocenters. The Hall–Kier alpha value is -2.14. The Balaban J connectivity index is 1.90. The van der Waals surface area contributed by atoms with E-state index in [1.54, 1.807) is 13.0 Å². The quantitative estimate of drug-likeness (QED) is 0.862. The van der Waals surface area contributed by atoms with Crippen molar-refractivity contribution in [2.24, 2.45) is 0 Å². The predicted octanol–water partition coefficient (Wildman–Crippen LogP) is 2.28. The highest BCUT2D eigenvalue weighted by atomic mass is 16.4. The molecular formula is C14H16N2O3. The van der Waals surface area contributed by atoms with Crippen molar-refractivity contribution in [2.45, 2.75) is 26.9 Å². The minimum atomic E-state index is -0.963. The summed E-state index contributed by atoms with van der Waals surface area (Å²) >= 11 is 0. The number of aromatic carboxylic acids is 1. The number of hydrogen-bond acceptors (Lipinski definition) is 4. The van der Waals surface area contributed by atoms with Gasteiger partial charge in [0, 0.05) is 18.4 Å². The Bertz CT molecular complexity index is 573. The molecule has 0 aliphatic heterocycles. The van der Waals surface area contributed by atoms with Crippen LogP contribution in [-0.2, 0) is 13.1 Å². The van der Waals surface area contributed by atoms with Crippen molar-refractivity contribution < 1.29 is 14.3 Å². The van der Waals surface area contributed by atoms with Crippen LogP contribution in [0.3, 0.4) is 0 Å². The van der Waals surface area contributed by atoms with Crippen molar-refractivity contribution in [3.63, 3.8) is 0 Å². The van der Waals surface area contributed by atoms with Crippen LogP contribution in [0.5, 0.6) is 0 Å². The standard InChI is InChI=1S/C14H16N2O3/c1-9-3-4-11(7-16-9)6-15-8-12-5-13(14(17)18)10(2)19-12/h3-5,7,15H,6,8H2,1-2H3,(H,17,18). The fraction of sp³-hybridized carbons (Fsp3) is 0.286. The number of carboxylic acid groups (broad SMARTS) is 1. The smallest absolute Gasteiger partial charge is 0.339 e. The summed E-state index contributed by atoms with van der Waals surface area (Å²) in [7, 11) is 0. The van der Waals surface area contributed by atoms with Crippen LogP contribution in [0.2, 0.25) is 0 Å². The van der Waals surface area contributed by atoms with Crippen molar-refractivity contribution in [3.8, 4) is 0 Å². The summed E-state index contributed by atoms with van der Waals surface area (Å²) in [6.07, 6.45) is 1.82. The van der Waals surface area contributed by atoms with Gasteiger partial charge in [0.05, 0.1) is 6.54 Å². The molecule has 0 saturated carbocycles. The molecule has 0 aromatic carbocycles. The lowest BCUT2D eigenvalue weighted by atomic mass is 10.2. The van der Waals surface area contributed by atoms with Gasteiger partial charge in [0.1, 0.15) is 17.1 Å². The first kappa shape index (κ1) is 13.3. The molecule has 0 aliphatic carbocycles. The molecule has 0 amide bonds. The number of aryl methyl sites for hydroxylation is 2. The van der Waals surface area contributed by atoms with Gasteiger partial charge in [-0.3, -0.25) is 4.98 Å². The Labute approximate surface area is 111 Å². The number of carbonyl (C=O) groups is 1. The maximum Gasteiger partial charge on any atom is 0.339 e. The molecule has 0 spiro atoms. The molecule has 100 valence electrons. The largest absolute Gasteiger partial charge is 0.478 e. The van der Waals surface area contributed by atoms with E-state index in [9.17, 15) is 4.79 Å². The first-order valence-electron chi connectivity index (χ1n) is 6.01. The zero-order valence-electron chi connectivity index (χ0n) is 10.9. The number of carboxylic acids is 1. The van der Waals surface area contributed by atoms with Gasteiger partial charge < -0.3 is 14.8 Å². The van der Waals surface area contributed by atoms with Gasteiger partial charge in [0.2, 0.25) is 0 Å². The van der Waals surface area contributed by atoms with Gasteiger partial charge in [-0.1, -0.05) is 6.07 Å². The lowest BCUT2D eigenvalue weighted by Gasteiger charge is -2.02. The minimum Gasteiger partial charge on any atom is -0.478 e. The molecule has 0 radical (unpaired) electrons. The van der Waals surface area contributed by atoms with Crippen molar-refractivity contribution in [3.05, 3.63) is 52.7 Å². The SMILES string of the molecule is Cc1ccc(CNCc2cc(C(=O)O)c(C)o2)cn1. The van der Waals surface area contributed by atoms with E-state index in [1.807, 2.05) is 25.3 Å². The van der Waals surface area contributed by atoms with Gasteiger partial charge >= 0.3 is 5.97 Å². The second kappa shape index (κ2) is 5.67. The highest BCUT2D eigenvalue weighted by molar-refractivity contribution is 5.88. The average molecular weight is 260 g/mol. The molecule has 19 heavy (non-hydrogen) atoms. The van der Waals surface area contributed by atoms with Crippen molar-refractivity contribution >= 4 is 5.97 Å². The fourth-order valence-corrected chi connectivity index (χ4v) is 1.78. The molecule has 0 fully saturated rings. The first-order valence-corrected chi connectivity index (χ1v) is 6.01. The highest BCUT2D eigenvalue weighted by Gasteiger charge is 2.13. The molecule has 5 nitrogen and oxygen atoms in total. The minimum absolute atomic E-state index is 0.216. The molecular weight excluding hydrogens is 244 g/mol. The normalized spacial score (nSPS) is 10.6. The second-order valence-electron chi connectivity index (χ2n) is 4.40. The van der Waals surface area contributed by atoms with Crippen LogP contribution in [0.1, 0.15) is 33.1 Å². The van der Waals surface area contributed by atoms with E-state index in [-0.39, 0.29) is 5.56 Å². The summed E-state index contributed by atoms with van der Waals surface area (Å²) < 4.78 is 5.37. The van der Waals surface area contributed by atoms with Crippen LogP contribution >= 0.6 is 0 Å². The van der Waals surface area contributed by atoms with Gasteiger partial charge in [-0.25, -0.2) is 4.79 Å². The number of pyridine rings is 1. The lowest BCUT2D eigenvalue weighted by Crippen LogP contribution is -2.12. The number of hydrogen-bond donors (Lipinski definition) is 2. The third-order valence-corrected chi connectivity index (χ3v) is 2.80. The van der Waals surface area contributed by atoms with Crippen LogP contribution in [0.4, 0.5) is 0 Å². The van der Waals surface area contributed by atoms with Crippen LogP contribution in [-0.4, -0.2) is 16.1 Å². The molecule has 0 bridgehead atoms. The maximum atomic E-state index is 10.9. The number of rotatable bonds is 5. The number of nitrogens with one attached hydrogen (secondary N) is 1. The molecule has 2 rings (SSSR count). The number of aromatic nitrogens is 1. The van der Waals surface area contributed by atoms with Crippen molar-refractivity contribution in [2.75, 3.05) is 0 Å². The Kier molecular flexibility index (Phi) is 3.97. The van der Waals surface area contributed by atoms with Crippen molar-refractivity contribution in [1.29, 1.82) is 0 Å². The summed E-state index contributed by atoms with van der Waals surface area (Å²) in [5.74, 6) is 0.0894. The van der Waals surface area contributed by atoms with E-state index in [0.29, 0.717) is 24.6 Å². The zero-order valence-corrected chi connectivity index (χ0v) is 10.9. The van der Waals surface area contributed by atoms with E-state index < -0.39 is 5.97 Å². The third kappa shape index (κ3) is 3.42. The maximum absolute atomic E-state index is 10.9. The van der Waals surface area contributed by atoms with Gasteiger partial charge in [-0.05, 0) is 31.5 Å². The molecule has 0 aliphatic rings. The second-order valence-corrected chi connectivity index (χ2v) is 4.40. The molecule has 2 N–H and O–H groups in total. The summed E-state index contributed by atoms with van der Waals surface area (Å²) in [5, 5.41) is 12.1.